The van der Waals surface area contributed by atoms with E-state index in [1.54, 1.807) is 13.2 Å². The maximum absolute atomic E-state index is 12.8. The second-order valence-electron chi connectivity index (χ2n) is 6.35. The number of carbonyl (C=O) groups excluding carboxylic acids is 1. The fourth-order valence-corrected chi connectivity index (χ4v) is 2.75. The molecule has 0 saturated carbocycles. The maximum Gasteiger partial charge on any atom is 0.270 e. The molecule has 0 saturated heterocycles. The molecule has 1 aromatic heterocycles. The molecule has 0 radical (unpaired) electrons. The molecule has 0 bridgehead atoms. The lowest BCUT2D eigenvalue weighted by atomic mass is 10.1. The lowest BCUT2D eigenvalue weighted by Crippen LogP contribution is -2.28. The van der Waals surface area contributed by atoms with Crippen molar-refractivity contribution in [2.45, 2.75) is 13.0 Å². The predicted molar refractivity (Wildman–Crippen MR) is 110 cm³/mol. The van der Waals surface area contributed by atoms with Crippen LogP contribution in [0.2, 0.25) is 0 Å². The number of benzene rings is 2. The van der Waals surface area contributed by atoms with Crippen LogP contribution in [-0.4, -0.2) is 36.1 Å². The SMILES string of the molecule is COCCNc1cc(C(=O)NC(C)c2ccccc2)nc(-c2ccccc2)n1. The molecule has 0 aliphatic rings. The quantitative estimate of drug-likeness (QED) is 0.587. The topological polar surface area (TPSA) is 76.1 Å². The van der Waals surface area contributed by atoms with Gasteiger partial charge < -0.3 is 15.4 Å². The first-order valence-corrected chi connectivity index (χ1v) is 9.20. The number of hydrogen-bond donors (Lipinski definition) is 2. The maximum atomic E-state index is 12.8. The fourth-order valence-electron chi connectivity index (χ4n) is 2.75. The molecular weight excluding hydrogens is 352 g/mol. The summed E-state index contributed by atoms with van der Waals surface area (Å²) in [5, 5.41) is 6.18. The number of hydrogen-bond acceptors (Lipinski definition) is 5. The van der Waals surface area contributed by atoms with Gasteiger partial charge in [0.15, 0.2) is 5.82 Å². The summed E-state index contributed by atoms with van der Waals surface area (Å²) in [5.74, 6) is 0.842. The molecule has 0 fully saturated rings. The van der Waals surface area contributed by atoms with E-state index in [0.29, 0.717) is 30.5 Å². The smallest absolute Gasteiger partial charge is 0.270 e. The summed E-state index contributed by atoms with van der Waals surface area (Å²) < 4.78 is 5.07. The van der Waals surface area contributed by atoms with Crippen LogP contribution < -0.4 is 10.6 Å². The average molecular weight is 376 g/mol. The van der Waals surface area contributed by atoms with E-state index in [1.165, 1.54) is 0 Å². The molecule has 0 aliphatic heterocycles. The van der Waals surface area contributed by atoms with E-state index < -0.39 is 0 Å². The summed E-state index contributed by atoms with van der Waals surface area (Å²) in [6.45, 7) is 3.07. The van der Waals surface area contributed by atoms with Gasteiger partial charge in [0.1, 0.15) is 11.5 Å². The van der Waals surface area contributed by atoms with E-state index in [-0.39, 0.29) is 11.9 Å². The number of methoxy groups -OCH3 is 1. The first-order chi connectivity index (χ1) is 13.7. The molecule has 2 aromatic carbocycles. The minimum Gasteiger partial charge on any atom is -0.383 e. The lowest BCUT2D eigenvalue weighted by Gasteiger charge is -2.15. The third kappa shape index (κ3) is 5.14. The molecule has 6 nitrogen and oxygen atoms in total. The Balaban J connectivity index is 1.85. The van der Waals surface area contributed by atoms with Gasteiger partial charge in [-0.2, -0.15) is 0 Å². The third-order valence-corrected chi connectivity index (χ3v) is 4.25. The number of nitrogens with zero attached hydrogens (tertiary/aromatic N) is 2. The van der Waals surface area contributed by atoms with Gasteiger partial charge in [-0.15, -0.1) is 0 Å². The molecule has 1 heterocycles. The first-order valence-electron chi connectivity index (χ1n) is 9.20. The Bertz CT molecular complexity index is 901. The molecule has 0 aliphatic carbocycles. The molecular formula is C22H24N4O2. The van der Waals surface area contributed by atoms with Crippen LogP contribution in [0.3, 0.4) is 0 Å². The van der Waals surface area contributed by atoms with Crippen LogP contribution in [0.25, 0.3) is 11.4 Å². The van der Waals surface area contributed by atoms with E-state index in [1.807, 2.05) is 67.6 Å². The van der Waals surface area contributed by atoms with Gasteiger partial charge in [0, 0.05) is 25.3 Å². The van der Waals surface area contributed by atoms with Crippen molar-refractivity contribution in [3.05, 3.63) is 78.0 Å². The zero-order valence-electron chi connectivity index (χ0n) is 16.1. The van der Waals surface area contributed by atoms with Crippen LogP contribution in [0.15, 0.2) is 66.7 Å². The third-order valence-electron chi connectivity index (χ3n) is 4.25. The summed E-state index contributed by atoms with van der Waals surface area (Å²) in [7, 11) is 1.64. The van der Waals surface area contributed by atoms with E-state index in [0.717, 1.165) is 11.1 Å². The van der Waals surface area contributed by atoms with Crippen molar-refractivity contribution in [1.29, 1.82) is 0 Å². The summed E-state index contributed by atoms with van der Waals surface area (Å²) in [4.78, 5) is 21.9. The molecule has 28 heavy (non-hydrogen) atoms. The second kappa shape index (κ2) is 9.62. The summed E-state index contributed by atoms with van der Waals surface area (Å²) in [5.41, 5.74) is 2.20. The Morgan fingerprint density at radius 2 is 1.71 bits per heavy atom. The van der Waals surface area contributed by atoms with Crippen molar-refractivity contribution in [2.24, 2.45) is 0 Å². The van der Waals surface area contributed by atoms with Crippen molar-refractivity contribution in [3.8, 4) is 11.4 Å². The highest BCUT2D eigenvalue weighted by Gasteiger charge is 2.16. The first kappa shape index (κ1) is 19.5. The molecule has 1 amide bonds. The normalized spacial score (nSPS) is 11.6. The number of carbonyl (C=O) groups is 1. The highest BCUT2D eigenvalue weighted by Crippen LogP contribution is 2.19. The Kier molecular flexibility index (Phi) is 6.70. The number of anilines is 1. The van der Waals surface area contributed by atoms with Crippen LogP contribution >= 0.6 is 0 Å². The van der Waals surface area contributed by atoms with Crippen LogP contribution in [0, 0.1) is 0 Å². The van der Waals surface area contributed by atoms with Crippen LogP contribution in [-0.2, 0) is 4.74 Å². The van der Waals surface area contributed by atoms with Gasteiger partial charge in [-0.3, -0.25) is 4.79 Å². The van der Waals surface area contributed by atoms with E-state index in [4.69, 9.17) is 4.74 Å². The Morgan fingerprint density at radius 3 is 2.39 bits per heavy atom. The van der Waals surface area contributed by atoms with E-state index in [9.17, 15) is 4.79 Å². The molecule has 2 N–H and O–H groups in total. The van der Waals surface area contributed by atoms with Gasteiger partial charge in [0.2, 0.25) is 0 Å². The molecule has 144 valence electrons. The monoisotopic (exact) mass is 376 g/mol. The number of aromatic nitrogens is 2. The number of rotatable bonds is 8. The predicted octanol–water partition coefficient (Wildman–Crippen LogP) is 3.69. The van der Waals surface area contributed by atoms with Crippen molar-refractivity contribution >= 4 is 11.7 Å². The molecule has 1 unspecified atom stereocenters. The van der Waals surface area contributed by atoms with Crippen molar-refractivity contribution in [2.75, 3.05) is 25.6 Å². The Morgan fingerprint density at radius 1 is 1.04 bits per heavy atom. The van der Waals surface area contributed by atoms with E-state index >= 15 is 0 Å². The lowest BCUT2D eigenvalue weighted by molar-refractivity contribution is 0.0935. The van der Waals surface area contributed by atoms with Gasteiger partial charge in [0.05, 0.1) is 12.6 Å². The fraction of sp³-hybridized carbons (Fsp3) is 0.227. The summed E-state index contributed by atoms with van der Waals surface area (Å²) >= 11 is 0. The largest absolute Gasteiger partial charge is 0.383 e. The summed E-state index contributed by atoms with van der Waals surface area (Å²) in [6.07, 6.45) is 0. The van der Waals surface area contributed by atoms with Crippen LogP contribution in [0.4, 0.5) is 5.82 Å². The number of ether oxygens (including phenoxy) is 1. The average Bonchev–Trinajstić information content (AvgIpc) is 2.75. The highest BCUT2D eigenvalue weighted by molar-refractivity contribution is 5.93. The van der Waals surface area contributed by atoms with E-state index in [2.05, 4.69) is 20.6 Å². The minimum atomic E-state index is -0.245. The number of amides is 1. The highest BCUT2D eigenvalue weighted by atomic mass is 16.5. The van der Waals surface area contributed by atoms with Gasteiger partial charge in [-0.1, -0.05) is 60.7 Å². The van der Waals surface area contributed by atoms with Crippen LogP contribution in [0.1, 0.15) is 29.0 Å². The molecule has 0 spiro atoms. The van der Waals surface area contributed by atoms with Gasteiger partial charge in [0.25, 0.3) is 5.91 Å². The molecule has 3 rings (SSSR count). The zero-order valence-corrected chi connectivity index (χ0v) is 16.1. The van der Waals surface area contributed by atoms with Crippen molar-refractivity contribution in [1.82, 2.24) is 15.3 Å². The number of nitrogens with one attached hydrogen (secondary N) is 2. The van der Waals surface area contributed by atoms with Gasteiger partial charge in [-0.25, -0.2) is 9.97 Å². The zero-order chi connectivity index (χ0) is 19.8. The Hall–Kier alpha value is -3.25. The van der Waals surface area contributed by atoms with Gasteiger partial charge >= 0.3 is 0 Å². The molecule has 3 aromatic rings. The Labute approximate surface area is 165 Å². The van der Waals surface area contributed by atoms with Crippen molar-refractivity contribution in [3.63, 3.8) is 0 Å². The summed E-state index contributed by atoms with van der Waals surface area (Å²) in [6, 6.07) is 21.0. The second-order valence-corrected chi connectivity index (χ2v) is 6.35. The molecule has 1 atom stereocenters. The minimum absolute atomic E-state index is 0.131. The standard InChI is InChI=1S/C22H24N4O2/c1-16(17-9-5-3-6-10-17)24-22(27)19-15-20(23-13-14-28-2)26-21(25-19)18-11-7-4-8-12-18/h3-12,15-16H,13-14H2,1-2H3,(H,24,27)(H,23,25,26). The van der Waals surface area contributed by atoms with Crippen LogP contribution in [0.5, 0.6) is 0 Å². The van der Waals surface area contributed by atoms with Crippen molar-refractivity contribution < 1.29 is 9.53 Å². The van der Waals surface area contributed by atoms with Gasteiger partial charge in [-0.05, 0) is 12.5 Å². The molecule has 6 heteroatoms.